The van der Waals surface area contributed by atoms with E-state index in [1.807, 2.05) is 12.1 Å². The van der Waals surface area contributed by atoms with Crippen LogP contribution >= 0.6 is 23.2 Å². The van der Waals surface area contributed by atoms with Gasteiger partial charge in [0.2, 0.25) is 5.91 Å². The Morgan fingerprint density at radius 3 is 2.75 bits per heavy atom. The number of nitrogens with one attached hydrogen (secondary N) is 1. The van der Waals surface area contributed by atoms with Crippen LogP contribution in [0.5, 0.6) is 0 Å². The first-order valence-electron chi connectivity index (χ1n) is 7.69. The van der Waals surface area contributed by atoms with Gasteiger partial charge in [0.25, 0.3) is 0 Å². The number of hydrogen-bond donors (Lipinski definition) is 1. The van der Waals surface area contributed by atoms with Crippen LogP contribution in [0.25, 0.3) is 11.0 Å². The van der Waals surface area contributed by atoms with Crippen LogP contribution in [0.15, 0.2) is 47.1 Å². The lowest BCUT2D eigenvalue weighted by Gasteiger charge is -2.08. The Kier molecular flexibility index (Phi) is 4.83. The Hall–Kier alpha value is -1.97. The van der Waals surface area contributed by atoms with Crippen molar-refractivity contribution in [3.63, 3.8) is 0 Å². The molecule has 0 fully saturated rings. The van der Waals surface area contributed by atoms with Crippen LogP contribution in [-0.2, 0) is 11.2 Å². The molecule has 0 radical (unpaired) electrons. The highest BCUT2D eigenvalue weighted by molar-refractivity contribution is 6.44. The van der Waals surface area contributed by atoms with Gasteiger partial charge in [-0.05, 0) is 35.7 Å². The zero-order chi connectivity index (χ0) is 17.3. The number of rotatable bonds is 4. The number of amides is 1. The number of anilines is 1. The van der Waals surface area contributed by atoms with Gasteiger partial charge in [-0.15, -0.1) is 0 Å². The van der Waals surface area contributed by atoms with Gasteiger partial charge in [-0.3, -0.25) is 4.79 Å². The highest BCUT2D eigenvalue weighted by Crippen LogP contribution is 2.30. The predicted octanol–water partition coefficient (Wildman–Crippen LogP) is 6.04. The average Bonchev–Trinajstić information content (AvgIpc) is 2.94. The van der Waals surface area contributed by atoms with E-state index in [0.717, 1.165) is 16.5 Å². The summed E-state index contributed by atoms with van der Waals surface area (Å²) in [6, 6.07) is 11.2. The molecule has 0 atom stereocenters. The van der Waals surface area contributed by atoms with Crippen LogP contribution in [-0.4, -0.2) is 5.91 Å². The van der Waals surface area contributed by atoms with Gasteiger partial charge in [0.1, 0.15) is 5.58 Å². The van der Waals surface area contributed by atoms with E-state index in [0.29, 0.717) is 21.7 Å². The molecule has 1 heterocycles. The van der Waals surface area contributed by atoms with Crippen LogP contribution in [0.1, 0.15) is 30.9 Å². The molecule has 0 unspecified atom stereocenters. The second-order valence-electron chi connectivity index (χ2n) is 6.00. The Labute approximate surface area is 150 Å². The van der Waals surface area contributed by atoms with Crippen LogP contribution in [0.3, 0.4) is 0 Å². The van der Waals surface area contributed by atoms with Crippen LogP contribution < -0.4 is 5.32 Å². The zero-order valence-electron chi connectivity index (χ0n) is 13.4. The van der Waals surface area contributed by atoms with E-state index in [2.05, 4.69) is 25.2 Å². The molecule has 0 bridgehead atoms. The first kappa shape index (κ1) is 16.9. The predicted molar refractivity (Wildman–Crippen MR) is 99.1 cm³/mol. The number of carbonyl (C=O) groups is 1. The standard InChI is InChI=1S/C19H17Cl2NO2/c1-11(2)12-6-7-17-14(8-12)13(10-24-17)9-18(23)22-16-5-3-4-15(20)19(16)21/h3-8,10-11H,9H2,1-2H3,(H,22,23). The van der Waals surface area contributed by atoms with Crippen molar-refractivity contribution in [3.8, 4) is 0 Å². The van der Waals surface area contributed by atoms with Crippen LogP contribution in [0, 0.1) is 0 Å². The number of carbonyl (C=O) groups excluding carboxylic acids is 1. The first-order chi connectivity index (χ1) is 11.5. The number of fused-ring (bicyclic) bond motifs is 1. The summed E-state index contributed by atoms with van der Waals surface area (Å²) in [6.07, 6.45) is 1.84. The Balaban J connectivity index is 1.83. The summed E-state index contributed by atoms with van der Waals surface area (Å²) >= 11 is 12.1. The maximum Gasteiger partial charge on any atom is 0.228 e. The smallest absolute Gasteiger partial charge is 0.228 e. The lowest BCUT2D eigenvalue weighted by Crippen LogP contribution is -2.14. The van der Waals surface area contributed by atoms with E-state index >= 15 is 0 Å². The van der Waals surface area contributed by atoms with E-state index in [1.54, 1.807) is 24.5 Å². The normalized spacial score (nSPS) is 11.2. The van der Waals surface area contributed by atoms with E-state index < -0.39 is 0 Å². The third-order valence-corrected chi connectivity index (χ3v) is 4.74. The Morgan fingerprint density at radius 2 is 2.00 bits per heavy atom. The van der Waals surface area contributed by atoms with Crippen molar-refractivity contribution >= 4 is 45.8 Å². The lowest BCUT2D eigenvalue weighted by molar-refractivity contribution is -0.115. The van der Waals surface area contributed by atoms with Crippen LogP contribution in [0.4, 0.5) is 5.69 Å². The Morgan fingerprint density at radius 1 is 1.21 bits per heavy atom. The summed E-state index contributed by atoms with van der Waals surface area (Å²) < 4.78 is 5.55. The molecule has 1 aromatic heterocycles. The van der Waals surface area contributed by atoms with Crippen molar-refractivity contribution in [2.24, 2.45) is 0 Å². The molecule has 1 N–H and O–H groups in total. The molecule has 3 rings (SSSR count). The average molecular weight is 362 g/mol. The SMILES string of the molecule is CC(C)c1ccc2occ(CC(=O)Nc3cccc(Cl)c3Cl)c2c1. The topological polar surface area (TPSA) is 42.2 Å². The van der Waals surface area contributed by atoms with Crippen molar-refractivity contribution in [3.05, 3.63) is 63.8 Å². The molecule has 0 aliphatic carbocycles. The van der Waals surface area contributed by atoms with Gasteiger partial charge < -0.3 is 9.73 Å². The molecule has 0 spiro atoms. The second kappa shape index (κ2) is 6.88. The molecule has 0 saturated heterocycles. The largest absolute Gasteiger partial charge is 0.464 e. The minimum atomic E-state index is -0.170. The van der Waals surface area contributed by atoms with Gasteiger partial charge in [0.15, 0.2) is 0 Å². The van der Waals surface area contributed by atoms with Crippen molar-refractivity contribution in [1.82, 2.24) is 0 Å². The molecular formula is C19H17Cl2NO2. The molecule has 5 heteroatoms. The third-order valence-electron chi connectivity index (χ3n) is 3.92. The highest BCUT2D eigenvalue weighted by atomic mass is 35.5. The second-order valence-corrected chi connectivity index (χ2v) is 6.78. The zero-order valence-corrected chi connectivity index (χ0v) is 14.9. The van der Waals surface area contributed by atoms with E-state index in [4.69, 9.17) is 27.6 Å². The van der Waals surface area contributed by atoms with Gasteiger partial charge in [-0.2, -0.15) is 0 Å². The quantitative estimate of drug-likeness (QED) is 0.614. The summed E-state index contributed by atoms with van der Waals surface area (Å²) in [4.78, 5) is 12.4. The van der Waals surface area contributed by atoms with Crippen LogP contribution in [0.2, 0.25) is 10.0 Å². The van der Waals surface area contributed by atoms with E-state index in [9.17, 15) is 4.79 Å². The number of furan rings is 1. The maximum atomic E-state index is 12.4. The van der Waals surface area contributed by atoms with Crippen molar-refractivity contribution in [1.29, 1.82) is 0 Å². The first-order valence-corrected chi connectivity index (χ1v) is 8.45. The van der Waals surface area contributed by atoms with Gasteiger partial charge in [-0.1, -0.05) is 49.2 Å². The number of halogens is 2. The molecule has 3 nitrogen and oxygen atoms in total. The fourth-order valence-corrected chi connectivity index (χ4v) is 2.91. The molecule has 0 aliphatic heterocycles. The summed E-state index contributed by atoms with van der Waals surface area (Å²) in [5.74, 6) is 0.244. The maximum absolute atomic E-state index is 12.4. The Bertz CT molecular complexity index is 900. The molecule has 24 heavy (non-hydrogen) atoms. The summed E-state index contributed by atoms with van der Waals surface area (Å²) in [5.41, 5.74) is 3.35. The number of benzene rings is 2. The van der Waals surface area contributed by atoms with E-state index in [1.165, 1.54) is 5.56 Å². The minimum absolute atomic E-state index is 0.170. The molecule has 2 aromatic carbocycles. The molecular weight excluding hydrogens is 345 g/mol. The van der Waals surface area contributed by atoms with Gasteiger partial charge in [-0.25, -0.2) is 0 Å². The molecule has 0 saturated carbocycles. The van der Waals surface area contributed by atoms with E-state index in [-0.39, 0.29) is 12.3 Å². The fourth-order valence-electron chi connectivity index (χ4n) is 2.56. The van der Waals surface area contributed by atoms with Crippen molar-refractivity contribution in [2.45, 2.75) is 26.2 Å². The molecule has 1 amide bonds. The molecule has 0 aliphatic rings. The molecule has 3 aromatic rings. The van der Waals surface area contributed by atoms with Crippen molar-refractivity contribution < 1.29 is 9.21 Å². The number of hydrogen-bond acceptors (Lipinski definition) is 2. The van der Waals surface area contributed by atoms with Crippen molar-refractivity contribution in [2.75, 3.05) is 5.32 Å². The lowest BCUT2D eigenvalue weighted by atomic mass is 10.00. The minimum Gasteiger partial charge on any atom is -0.464 e. The summed E-state index contributed by atoms with van der Waals surface area (Å²) in [7, 11) is 0. The van der Waals surface area contributed by atoms with Gasteiger partial charge in [0.05, 0.1) is 28.4 Å². The fraction of sp³-hybridized carbons (Fsp3) is 0.211. The summed E-state index contributed by atoms with van der Waals surface area (Å²) in [6.45, 7) is 4.27. The highest BCUT2D eigenvalue weighted by Gasteiger charge is 2.14. The van der Waals surface area contributed by atoms with Gasteiger partial charge >= 0.3 is 0 Å². The van der Waals surface area contributed by atoms with Gasteiger partial charge in [0, 0.05) is 10.9 Å². The monoisotopic (exact) mass is 361 g/mol. The third kappa shape index (κ3) is 3.42. The summed E-state index contributed by atoms with van der Waals surface area (Å²) in [5, 5.41) is 4.51. The molecule has 124 valence electrons.